The molecule has 4 nitrogen and oxygen atoms in total. The van der Waals surface area contributed by atoms with E-state index in [1.807, 2.05) is 6.08 Å². The quantitative estimate of drug-likeness (QED) is 0.630. The maximum atomic E-state index is 11.2. The largest absolute Gasteiger partial charge is 0.478 e. The van der Waals surface area contributed by atoms with Crippen LogP contribution in [0.1, 0.15) is 72.1 Å². The fourth-order valence-corrected chi connectivity index (χ4v) is 8.47. The Hall–Kier alpha value is -0.870. The number of carbonyl (C=O) groups is 1. The van der Waals surface area contributed by atoms with Gasteiger partial charge in [-0.1, -0.05) is 26.8 Å². The van der Waals surface area contributed by atoms with Gasteiger partial charge in [-0.05, 0) is 97.7 Å². The first kappa shape index (κ1) is 20.4. The molecule has 0 aromatic carbocycles. The Kier molecular flexibility index (Phi) is 5.19. The van der Waals surface area contributed by atoms with Gasteiger partial charge in [-0.25, -0.2) is 4.79 Å². The lowest BCUT2D eigenvalue weighted by Gasteiger charge is -2.62. The molecule has 0 radical (unpaired) electrons. The number of fused-ring (bicyclic) bond motifs is 5. The summed E-state index contributed by atoms with van der Waals surface area (Å²) >= 11 is 0. The number of aliphatic hydroxyl groups excluding tert-OH is 2. The molecule has 0 amide bonds. The van der Waals surface area contributed by atoms with Crippen molar-refractivity contribution in [2.24, 2.45) is 46.3 Å². The molecule has 158 valence electrons. The van der Waals surface area contributed by atoms with Gasteiger partial charge in [0.05, 0.1) is 12.2 Å². The van der Waals surface area contributed by atoms with Crippen molar-refractivity contribution < 1.29 is 20.1 Å². The highest BCUT2D eigenvalue weighted by atomic mass is 16.4. The zero-order valence-corrected chi connectivity index (χ0v) is 17.7. The van der Waals surface area contributed by atoms with Crippen molar-refractivity contribution >= 4 is 5.97 Å². The van der Waals surface area contributed by atoms with E-state index in [2.05, 4.69) is 20.8 Å². The average molecular weight is 391 g/mol. The van der Waals surface area contributed by atoms with E-state index >= 15 is 0 Å². The smallest absolute Gasteiger partial charge is 0.327 e. The maximum absolute atomic E-state index is 11.2. The van der Waals surface area contributed by atoms with E-state index in [0.717, 1.165) is 38.5 Å². The average Bonchev–Trinajstić information content (AvgIpc) is 2.98. The number of carboxylic acid groups (broad SMARTS) is 1. The lowest BCUT2D eigenvalue weighted by Crippen LogP contribution is -2.58. The van der Waals surface area contributed by atoms with Crippen molar-refractivity contribution in [3.05, 3.63) is 12.2 Å². The predicted octanol–water partition coefficient (Wildman–Crippen LogP) is 4.25. The van der Waals surface area contributed by atoms with Crippen molar-refractivity contribution in [1.82, 2.24) is 0 Å². The van der Waals surface area contributed by atoms with Gasteiger partial charge in [0.2, 0.25) is 0 Å². The Bertz CT molecular complexity index is 645. The lowest BCUT2D eigenvalue weighted by molar-refractivity contribution is -0.173. The molecule has 0 heterocycles. The first-order valence-electron chi connectivity index (χ1n) is 11.4. The Morgan fingerprint density at radius 3 is 2.39 bits per heavy atom. The van der Waals surface area contributed by atoms with Crippen LogP contribution in [-0.2, 0) is 4.79 Å². The number of aliphatic carboxylic acids is 1. The first-order valence-corrected chi connectivity index (χ1v) is 11.4. The fourth-order valence-electron chi connectivity index (χ4n) is 8.47. The molecule has 4 heteroatoms. The van der Waals surface area contributed by atoms with Crippen molar-refractivity contribution in [1.29, 1.82) is 0 Å². The summed E-state index contributed by atoms with van der Waals surface area (Å²) in [7, 11) is 0. The monoisotopic (exact) mass is 390 g/mol. The number of allylic oxidation sites excluding steroid dienone is 1. The lowest BCUT2D eigenvalue weighted by atomic mass is 9.43. The van der Waals surface area contributed by atoms with Crippen LogP contribution in [0.5, 0.6) is 0 Å². The van der Waals surface area contributed by atoms with Crippen LogP contribution in [0.3, 0.4) is 0 Å². The van der Waals surface area contributed by atoms with E-state index in [9.17, 15) is 15.0 Å². The van der Waals surface area contributed by atoms with E-state index in [0.29, 0.717) is 29.6 Å². The van der Waals surface area contributed by atoms with Crippen molar-refractivity contribution in [2.45, 2.75) is 84.3 Å². The summed E-state index contributed by atoms with van der Waals surface area (Å²) in [6, 6.07) is 0. The van der Waals surface area contributed by atoms with E-state index in [4.69, 9.17) is 5.11 Å². The molecule has 4 aliphatic rings. The van der Waals surface area contributed by atoms with E-state index < -0.39 is 5.97 Å². The summed E-state index contributed by atoms with van der Waals surface area (Å²) in [4.78, 5) is 11.0. The molecule has 0 spiro atoms. The number of hydrogen-bond acceptors (Lipinski definition) is 3. The number of hydrogen-bond donors (Lipinski definition) is 3. The summed E-state index contributed by atoms with van der Waals surface area (Å²) in [5, 5.41) is 30.4. The second kappa shape index (κ2) is 7.12. The van der Waals surface area contributed by atoms with E-state index in [1.165, 1.54) is 18.9 Å². The first-order chi connectivity index (χ1) is 13.2. The molecule has 0 aromatic heterocycles. The zero-order valence-electron chi connectivity index (χ0n) is 17.7. The van der Waals surface area contributed by atoms with Gasteiger partial charge in [0.1, 0.15) is 0 Å². The van der Waals surface area contributed by atoms with Gasteiger partial charge in [-0.3, -0.25) is 0 Å². The normalized spacial score (nSPS) is 52.0. The Morgan fingerprint density at radius 1 is 1.00 bits per heavy atom. The highest BCUT2D eigenvalue weighted by molar-refractivity contribution is 5.79. The molecule has 3 N–H and O–H groups in total. The summed E-state index contributed by atoms with van der Waals surface area (Å²) in [6.07, 6.45) is 11.1. The fraction of sp³-hybridized carbons (Fsp3) is 0.875. The molecule has 4 aliphatic carbocycles. The molecule has 0 bridgehead atoms. The van der Waals surface area contributed by atoms with Crippen LogP contribution in [0.15, 0.2) is 12.2 Å². The summed E-state index contributed by atoms with van der Waals surface area (Å²) in [5.74, 6) is 1.82. The standard InChI is InChI=1S/C24H38O4/c1-14(4-7-21(27)28)17-5-6-18-22-19(9-11-24(17,18)3)23(2)10-8-16(25)12-15(23)13-20(22)26/h4,7,14-20,22,25-26H,5-6,8-13H2,1-3H3,(H,27,28)/b7-4+/t14-,15+,16-,17-,18+,19+,20-,22+,23+,24-/m1/s1. The molecule has 10 atom stereocenters. The third kappa shape index (κ3) is 3.06. The SMILES string of the molecule is C[C@H](/C=C/C(=O)O)[C@H]1CC[C@H]2[C@@H]3[C@H](O)C[C@@H]4C[C@H](O)CC[C@]4(C)[C@H]3CC[C@]12C. The van der Waals surface area contributed by atoms with Crippen molar-refractivity contribution in [2.75, 3.05) is 0 Å². The third-order valence-corrected chi connectivity index (χ3v) is 9.91. The summed E-state index contributed by atoms with van der Waals surface area (Å²) < 4.78 is 0. The van der Waals surface area contributed by atoms with Crippen molar-refractivity contribution in [3.8, 4) is 0 Å². The van der Waals surface area contributed by atoms with Gasteiger partial charge in [-0.15, -0.1) is 0 Å². The van der Waals surface area contributed by atoms with Gasteiger partial charge in [-0.2, -0.15) is 0 Å². The topological polar surface area (TPSA) is 77.8 Å². The van der Waals surface area contributed by atoms with Crippen LogP contribution in [0.25, 0.3) is 0 Å². The Labute approximate surface area is 169 Å². The second-order valence-electron chi connectivity index (χ2n) is 11.0. The van der Waals surface area contributed by atoms with Crippen LogP contribution < -0.4 is 0 Å². The molecular weight excluding hydrogens is 352 g/mol. The van der Waals surface area contributed by atoms with Gasteiger partial charge in [0.25, 0.3) is 0 Å². The third-order valence-electron chi connectivity index (χ3n) is 9.91. The molecule has 0 aliphatic heterocycles. The minimum atomic E-state index is -0.864. The van der Waals surface area contributed by atoms with Crippen molar-refractivity contribution in [3.63, 3.8) is 0 Å². The molecule has 4 saturated carbocycles. The molecule has 0 aromatic rings. The summed E-state index contributed by atoms with van der Waals surface area (Å²) in [5.41, 5.74) is 0.457. The molecule has 0 saturated heterocycles. The minimum Gasteiger partial charge on any atom is -0.478 e. The highest BCUT2D eigenvalue weighted by Crippen LogP contribution is 2.68. The second-order valence-corrected chi connectivity index (χ2v) is 11.0. The maximum Gasteiger partial charge on any atom is 0.327 e. The van der Waals surface area contributed by atoms with Crippen LogP contribution in [0.2, 0.25) is 0 Å². The van der Waals surface area contributed by atoms with Gasteiger partial charge in [0, 0.05) is 6.08 Å². The van der Waals surface area contributed by atoms with Crippen LogP contribution in [0, 0.1) is 46.3 Å². The minimum absolute atomic E-state index is 0.187. The molecule has 4 fully saturated rings. The molecule has 0 unspecified atom stereocenters. The van der Waals surface area contributed by atoms with Crippen LogP contribution in [0.4, 0.5) is 0 Å². The van der Waals surface area contributed by atoms with E-state index in [-0.39, 0.29) is 29.0 Å². The Morgan fingerprint density at radius 2 is 1.68 bits per heavy atom. The van der Waals surface area contributed by atoms with E-state index in [1.54, 1.807) is 0 Å². The molecule has 28 heavy (non-hydrogen) atoms. The molecule has 4 rings (SSSR count). The van der Waals surface area contributed by atoms with Crippen LogP contribution >= 0.6 is 0 Å². The van der Waals surface area contributed by atoms with Gasteiger partial charge < -0.3 is 15.3 Å². The number of carboxylic acids is 1. The van der Waals surface area contributed by atoms with Crippen LogP contribution in [-0.4, -0.2) is 33.5 Å². The number of aliphatic hydroxyl groups is 2. The number of rotatable bonds is 3. The summed E-state index contributed by atoms with van der Waals surface area (Å²) in [6.45, 7) is 7.03. The Balaban J connectivity index is 1.59. The van der Waals surface area contributed by atoms with Gasteiger partial charge in [0.15, 0.2) is 0 Å². The molecular formula is C24H38O4. The van der Waals surface area contributed by atoms with Gasteiger partial charge >= 0.3 is 5.97 Å². The predicted molar refractivity (Wildman–Crippen MR) is 109 cm³/mol. The highest BCUT2D eigenvalue weighted by Gasteiger charge is 2.62. The zero-order chi connectivity index (χ0) is 20.3.